The number of benzene rings is 1. The first-order valence-corrected chi connectivity index (χ1v) is 8.91. The first-order chi connectivity index (χ1) is 13.5. The van der Waals surface area contributed by atoms with Crippen molar-refractivity contribution in [3.05, 3.63) is 59.5 Å². The summed E-state index contributed by atoms with van der Waals surface area (Å²) < 4.78 is 10.1. The average molecular weight is 384 g/mol. The maximum atomic E-state index is 12.2. The number of furan rings is 1. The van der Waals surface area contributed by atoms with Crippen molar-refractivity contribution < 1.29 is 28.3 Å². The molecular formula is C20H20N2O6. The lowest BCUT2D eigenvalue weighted by Crippen LogP contribution is -2.32. The van der Waals surface area contributed by atoms with Crippen LogP contribution in [0.3, 0.4) is 0 Å². The zero-order valence-corrected chi connectivity index (χ0v) is 15.3. The number of rotatable bonds is 8. The summed E-state index contributed by atoms with van der Waals surface area (Å²) in [4.78, 5) is 49.2. The predicted octanol–water partition coefficient (Wildman–Crippen LogP) is 2.08. The molecule has 2 aromatic rings. The third-order valence-electron chi connectivity index (χ3n) is 4.35. The lowest BCUT2D eigenvalue weighted by atomic mass is 10.1. The molecule has 146 valence electrons. The third kappa shape index (κ3) is 4.28. The zero-order valence-electron chi connectivity index (χ0n) is 15.3. The summed E-state index contributed by atoms with van der Waals surface area (Å²) in [5, 5.41) is 2.65. The minimum absolute atomic E-state index is 0.00553. The van der Waals surface area contributed by atoms with Crippen molar-refractivity contribution >= 4 is 23.7 Å². The van der Waals surface area contributed by atoms with Crippen LogP contribution in [0.5, 0.6) is 0 Å². The Labute approximate surface area is 161 Å². The van der Waals surface area contributed by atoms with E-state index in [4.69, 9.17) is 9.15 Å². The van der Waals surface area contributed by atoms with Crippen molar-refractivity contribution in [2.24, 2.45) is 0 Å². The smallest absolute Gasteiger partial charge is 0.306 e. The molecule has 3 amide bonds. The van der Waals surface area contributed by atoms with Crippen LogP contribution in [0.2, 0.25) is 0 Å². The fourth-order valence-corrected chi connectivity index (χ4v) is 2.93. The molecule has 1 aromatic heterocycles. The number of imide groups is 1. The summed E-state index contributed by atoms with van der Waals surface area (Å²) in [6.07, 6.45) is 1.76. The summed E-state index contributed by atoms with van der Waals surface area (Å²) >= 11 is 0. The summed E-state index contributed by atoms with van der Waals surface area (Å²) in [6, 6.07) is 9.71. The van der Waals surface area contributed by atoms with Crippen LogP contribution in [0, 0.1) is 0 Å². The molecule has 0 radical (unpaired) electrons. The maximum absolute atomic E-state index is 12.2. The van der Waals surface area contributed by atoms with Crippen LogP contribution < -0.4 is 5.32 Å². The van der Waals surface area contributed by atoms with E-state index in [9.17, 15) is 19.2 Å². The number of hydrogen-bond donors (Lipinski definition) is 1. The van der Waals surface area contributed by atoms with Crippen LogP contribution in [0.25, 0.3) is 0 Å². The van der Waals surface area contributed by atoms with Crippen molar-refractivity contribution in [2.75, 3.05) is 13.2 Å². The molecule has 8 heteroatoms. The molecule has 8 nitrogen and oxygen atoms in total. The normalized spacial score (nSPS) is 14.0. The topological polar surface area (TPSA) is 106 Å². The minimum atomic E-state index is -0.572. The molecule has 3 rings (SSSR count). The number of esters is 1. The molecule has 1 atom stereocenters. The van der Waals surface area contributed by atoms with Crippen molar-refractivity contribution in [1.29, 1.82) is 0 Å². The number of nitrogens with one attached hydrogen (secondary N) is 1. The highest BCUT2D eigenvalue weighted by molar-refractivity contribution is 6.21. The Bertz CT molecular complexity index is 855. The Morgan fingerprint density at radius 1 is 1.11 bits per heavy atom. The standard InChI is InChI=1S/C20H20N2O6/c1-13(16-8-5-11-27-16)21-17(23)12-28-18(24)9-4-10-22-19(25)14-6-2-3-7-15(14)20(22)26/h2-3,5-8,11,13H,4,9-10,12H2,1H3,(H,21,23)/t13-/m1/s1. The van der Waals surface area contributed by atoms with Crippen LogP contribution in [0.4, 0.5) is 0 Å². The maximum Gasteiger partial charge on any atom is 0.306 e. The lowest BCUT2D eigenvalue weighted by Gasteiger charge is -2.13. The second kappa shape index (κ2) is 8.51. The average Bonchev–Trinajstić information content (AvgIpc) is 3.30. The van der Waals surface area contributed by atoms with Gasteiger partial charge in [0.1, 0.15) is 5.76 Å². The number of nitrogens with zero attached hydrogens (tertiary/aromatic N) is 1. The molecule has 0 saturated heterocycles. The van der Waals surface area contributed by atoms with Crippen molar-refractivity contribution in [2.45, 2.75) is 25.8 Å². The largest absolute Gasteiger partial charge is 0.467 e. The Morgan fingerprint density at radius 3 is 2.39 bits per heavy atom. The van der Waals surface area contributed by atoms with Gasteiger partial charge in [-0.1, -0.05) is 12.1 Å². The van der Waals surface area contributed by atoms with Gasteiger partial charge in [-0.2, -0.15) is 0 Å². The Morgan fingerprint density at radius 2 is 1.79 bits per heavy atom. The monoisotopic (exact) mass is 384 g/mol. The van der Waals surface area contributed by atoms with Crippen LogP contribution in [-0.4, -0.2) is 41.7 Å². The van der Waals surface area contributed by atoms with Crippen LogP contribution >= 0.6 is 0 Å². The first kappa shape index (κ1) is 19.3. The molecule has 1 aliphatic heterocycles. The van der Waals surface area contributed by atoms with Gasteiger partial charge in [0, 0.05) is 13.0 Å². The molecule has 28 heavy (non-hydrogen) atoms. The molecular weight excluding hydrogens is 364 g/mol. The summed E-state index contributed by atoms with van der Waals surface area (Å²) in [5.74, 6) is -1.14. The lowest BCUT2D eigenvalue weighted by molar-refractivity contribution is -0.148. The molecule has 1 aromatic carbocycles. The van der Waals surface area contributed by atoms with Crippen molar-refractivity contribution in [1.82, 2.24) is 10.2 Å². The van der Waals surface area contributed by atoms with E-state index in [2.05, 4.69) is 5.32 Å². The number of hydrogen-bond acceptors (Lipinski definition) is 6. The SMILES string of the molecule is C[C@@H](NC(=O)COC(=O)CCCN1C(=O)c2ccccc2C1=O)c1ccco1. The molecule has 0 saturated carbocycles. The fraction of sp³-hybridized carbons (Fsp3) is 0.300. The molecule has 0 unspecified atom stereocenters. The Kier molecular flexibility index (Phi) is 5.88. The Hall–Kier alpha value is -3.42. The molecule has 0 fully saturated rings. The first-order valence-electron chi connectivity index (χ1n) is 8.91. The molecule has 0 bridgehead atoms. The minimum Gasteiger partial charge on any atom is -0.467 e. The quantitative estimate of drug-likeness (QED) is 0.552. The highest BCUT2D eigenvalue weighted by Crippen LogP contribution is 2.22. The van der Waals surface area contributed by atoms with E-state index in [1.54, 1.807) is 43.3 Å². The molecule has 2 heterocycles. The van der Waals surface area contributed by atoms with Gasteiger partial charge >= 0.3 is 5.97 Å². The molecule has 0 aliphatic carbocycles. The van der Waals surface area contributed by atoms with Gasteiger partial charge in [-0.15, -0.1) is 0 Å². The van der Waals surface area contributed by atoms with Gasteiger partial charge in [0.2, 0.25) is 0 Å². The second-order valence-corrected chi connectivity index (χ2v) is 6.38. The van der Waals surface area contributed by atoms with E-state index in [0.29, 0.717) is 16.9 Å². The van der Waals surface area contributed by atoms with Crippen LogP contribution in [-0.2, 0) is 14.3 Å². The van der Waals surface area contributed by atoms with Crippen LogP contribution in [0.1, 0.15) is 52.3 Å². The van der Waals surface area contributed by atoms with Crippen molar-refractivity contribution in [3.63, 3.8) is 0 Å². The van der Waals surface area contributed by atoms with Gasteiger partial charge in [-0.05, 0) is 37.6 Å². The van der Waals surface area contributed by atoms with E-state index < -0.39 is 18.5 Å². The number of amides is 3. The molecule has 1 aliphatic rings. The number of carbonyl (C=O) groups is 4. The van der Waals surface area contributed by atoms with Gasteiger partial charge in [0.05, 0.1) is 23.4 Å². The number of fused-ring (bicyclic) bond motifs is 1. The van der Waals surface area contributed by atoms with E-state index in [0.717, 1.165) is 4.90 Å². The van der Waals surface area contributed by atoms with Gasteiger partial charge < -0.3 is 14.5 Å². The van der Waals surface area contributed by atoms with Crippen LogP contribution in [0.15, 0.2) is 47.1 Å². The fourth-order valence-electron chi connectivity index (χ4n) is 2.93. The number of carbonyl (C=O) groups excluding carboxylic acids is 4. The highest BCUT2D eigenvalue weighted by Gasteiger charge is 2.34. The highest BCUT2D eigenvalue weighted by atomic mass is 16.5. The Balaban J connectivity index is 1.38. The van der Waals surface area contributed by atoms with Gasteiger partial charge in [0.15, 0.2) is 6.61 Å². The summed E-state index contributed by atoms with van der Waals surface area (Å²) in [5.41, 5.74) is 0.745. The van der Waals surface area contributed by atoms with E-state index in [-0.39, 0.29) is 37.2 Å². The second-order valence-electron chi connectivity index (χ2n) is 6.38. The van der Waals surface area contributed by atoms with Gasteiger partial charge in [0.25, 0.3) is 17.7 Å². The van der Waals surface area contributed by atoms with Crippen molar-refractivity contribution in [3.8, 4) is 0 Å². The third-order valence-corrected chi connectivity index (χ3v) is 4.35. The summed E-state index contributed by atoms with van der Waals surface area (Å²) in [6.45, 7) is 1.46. The van der Waals surface area contributed by atoms with Gasteiger partial charge in [-0.25, -0.2) is 0 Å². The van der Waals surface area contributed by atoms with E-state index in [1.807, 2.05) is 0 Å². The zero-order chi connectivity index (χ0) is 20.1. The van der Waals surface area contributed by atoms with E-state index in [1.165, 1.54) is 6.26 Å². The number of ether oxygens (including phenoxy) is 1. The molecule has 1 N–H and O–H groups in total. The van der Waals surface area contributed by atoms with E-state index >= 15 is 0 Å². The molecule has 0 spiro atoms. The van der Waals surface area contributed by atoms with Gasteiger partial charge in [-0.3, -0.25) is 24.1 Å². The predicted molar refractivity (Wildman–Crippen MR) is 97.3 cm³/mol. The summed E-state index contributed by atoms with van der Waals surface area (Å²) in [7, 11) is 0.